The second-order valence-corrected chi connectivity index (χ2v) is 9.91. The van der Waals surface area contributed by atoms with Gasteiger partial charge in [-0.25, -0.2) is 8.78 Å². The Morgan fingerprint density at radius 2 is 1.32 bits per heavy atom. The average Bonchev–Trinajstić information content (AvgIpc) is 2.88. The Balaban J connectivity index is 3.35. The van der Waals surface area contributed by atoms with E-state index in [9.17, 15) is 4.79 Å². The van der Waals surface area contributed by atoms with Crippen molar-refractivity contribution in [2.24, 2.45) is 5.73 Å². The third-order valence-corrected chi connectivity index (χ3v) is 6.48. The summed E-state index contributed by atoms with van der Waals surface area (Å²) in [6.07, 6.45) is 0.772. The maximum atomic E-state index is 15.9. The number of carbonyl (C=O) groups is 1. The highest BCUT2D eigenvalue weighted by atomic mass is 19.3. The SMILES string of the molecule is CCCCOC[C@H]1O[C@@H](C(F)(F)C[C@@H](N)C(=O)OCC)[C@H](OCCCC)[C@@H](OCCCC)[C@H]1OCCCC. The van der Waals surface area contributed by atoms with Crippen molar-refractivity contribution < 1.29 is 42.0 Å². The van der Waals surface area contributed by atoms with Gasteiger partial charge in [0.2, 0.25) is 0 Å². The van der Waals surface area contributed by atoms with Crippen LogP contribution in [0.5, 0.6) is 0 Å². The van der Waals surface area contributed by atoms with E-state index in [2.05, 4.69) is 13.8 Å². The molecule has 8 nitrogen and oxygen atoms in total. The van der Waals surface area contributed by atoms with Crippen molar-refractivity contribution in [2.75, 3.05) is 39.6 Å². The minimum atomic E-state index is -3.49. The maximum Gasteiger partial charge on any atom is 0.323 e. The van der Waals surface area contributed by atoms with Crippen LogP contribution in [-0.2, 0) is 33.2 Å². The van der Waals surface area contributed by atoms with Gasteiger partial charge >= 0.3 is 5.97 Å². The Morgan fingerprint density at radius 1 is 0.816 bits per heavy atom. The molecule has 226 valence electrons. The van der Waals surface area contributed by atoms with Crippen molar-refractivity contribution in [3.05, 3.63) is 0 Å². The van der Waals surface area contributed by atoms with Gasteiger partial charge in [-0.3, -0.25) is 4.79 Å². The zero-order valence-electron chi connectivity index (χ0n) is 24.3. The molecule has 0 amide bonds. The van der Waals surface area contributed by atoms with Crippen LogP contribution in [0.1, 0.15) is 92.4 Å². The summed E-state index contributed by atoms with van der Waals surface area (Å²) in [7, 11) is 0. The van der Waals surface area contributed by atoms with Crippen molar-refractivity contribution in [3.63, 3.8) is 0 Å². The van der Waals surface area contributed by atoms with Gasteiger partial charge in [-0.05, 0) is 32.6 Å². The Morgan fingerprint density at radius 3 is 1.84 bits per heavy atom. The molecule has 1 aliphatic rings. The predicted octanol–water partition coefficient (Wildman–Crippen LogP) is 5.04. The fourth-order valence-corrected chi connectivity index (χ4v) is 4.24. The first-order chi connectivity index (χ1) is 18.3. The lowest BCUT2D eigenvalue weighted by Gasteiger charge is -2.48. The Bertz CT molecular complexity index is 614. The van der Waals surface area contributed by atoms with E-state index in [4.69, 9.17) is 34.2 Å². The summed E-state index contributed by atoms with van der Waals surface area (Å²) < 4.78 is 67.1. The molecule has 0 aromatic rings. The first kappa shape index (κ1) is 35.1. The quantitative estimate of drug-likeness (QED) is 0.147. The Kier molecular flexibility index (Phi) is 18.5. The molecule has 38 heavy (non-hydrogen) atoms. The number of esters is 1. The minimum Gasteiger partial charge on any atom is -0.465 e. The summed E-state index contributed by atoms with van der Waals surface area (Å²) in [5.41, 5.74) is 5.82. The van der Waals surface area contributed by atoms with E-state index in [1.165, 1.54) is 0 Å². The smallest absolute Gasteiger partial charge is 0.323 e. The molecule has 0 spiro atoms. The molecule has 0 saturated carbocycles. The predicted molar refractivity (Wildman–Crippen MR) is 143 cm³/mol. The van der Waals surface area contributed by atoms with Crippen LogP contribution in [0, 0.1) is 0 Å². The lowest BCUT2D eigenvalue weighted by Crippen LogP contribution is -2.66. The summed E-state index contributed by atoms with van der Waals surface area (Å²) in [5, 5.41) is 0. The molecule has 1 rings (SSSR count). The number of carbonyl (C=O) groups excluding carboxylic acids is 1. The fourth-order valence-electron chi connectivity index (χ4n) is 4.24. The van der Waals surface area contributed by atoms with E-state index in [-0.39, 0.29) is 19.8 Å². The highest BCUT2D eigenvalue weighted by molar-refractivity contribution is 5.75. The summed E-state index contributed by atoms with van der Waals surface area (Å²) in [6.45, 7) is 11.5. The van der Waals surface area contributed by atoms with Crippen LogP contribution >= 0.6 is 0 Å². The maximum absolute atomic E-state index is 15.9. The second kappa shape index (κ2) is 20.0. The number of nitrogens with two attached hydrogens (primary N) is 1. The van der Waals surface area contributed by atoms with Gasteiger partial charge in [-0.2, -0.15) is 0 Å². The molecule has 0 aromatic heterocycles. The lowest BCUT2D eigenvalue weighted by molar-refractivity contribution is -0.306. The van der Waals surface area contributed by atoms with E-state index in [0.29, 0.717) is 26.2 Å². The van der Waals surface area contributed by atoms with E-state index in [0.717, 1.165) is 44.9 Å². The molecule has 1 fully saturated rings. The molecule has 2 N–H and O–H groups in total. The fraction of sp³-hybridized carbons (Fsp3) is 0.964. The topological polar surface area (TPSA) is 98.5 Å². The Hall–Kier alpha value is -0.910. The standard InChI is InChI=1S/C28H53F2NO7/c1-6-11-15-33-20-22-23(35-16-12-7-2)24(36-17-13-8-3)25(37-18-14-9-4)26(38-22)28(29,30)19-21(31)27(32)34-10-5/h21-26H,6-20,31H2,1-5H3/t21-,22-,23+,24+,25-,26-/m1/s1. The summed E-state index contributed by atoms with van der Waals surface area (Å²) in [6, 6.07) is -1.50. The molecule has 1 saturated heterocycles. The zero-order valence-corrected chi connectivity index (χ0v) is 24.3. The zero-order chi connectivity index (χ0) is 28.4. The van der Waals surface area contributed by atoms with Crippen LogP contribution in [0.2, 0.25) is 0 Å². The molecule has 0 aliphatic carbocycles. The summed E-state index contributed by atoms with van der Waals surface area (Å²) in [5.74, 6) is -4.37. The normalized spacial score (nSPS) is 24.9. The summed E-state index contributed by atoms with van der Waals surface area (Å²) >= 11 is 0. The van der Waals surface area contributed by atoms with E-state index < -0.39 is 54.9 Å². The number of alkyl halides is 2. The first-order valence-corrected chi connectivity index (χ1v) is 14.6. The van der Waals surface area contributed by atoms with Gasteiger partial charge in [0, 0.05) is 32.8 Å². The van der Waals surface area contributed by atoms with Crippen molar-refractivity contribution in [1.29, 1.82) is 0 Å². The first-order valence-electron chi connectivity index (χ1n) is 14.6. The third-order valence-electron chi connectivity index (χ3n) is 6.48. The number of hydrogen-bond donors (Lipinski definition) is 1. The van der Waals surface area contributed by atoms with Gasteiger partial charge in [-0.1, -0.05) is 53.4 Å². The number of unbranched alkanes of at least 4 members (excludes halogenated alkanes) is 4. The molecular formula is C28H53F2NO7. The molecule has 6 atom stereocenters. The lowest BCUT2D eigenvalue weighted by atomic mass is 9.88. The van der Waals surface area contributed by atoms with Crippen molar-refractivity contribution in [1.82, 2.24) is 0 Å². The van der Waals surface area contributed by atoms with E-state index in [1.807, 2.05) is 13.8 Å². The molecule has 10 heteroatoms. The minimum absolute atomic E-state index is 0.0576. The highest BCUT2D eigenvalue weighted by Crippen LogP contribution is 2.39. The Labute approximate surface area is 228 Å². The number of hydrogen-bond acceptors (Lipinski definition) is 8. The highest BCUT2D eigenvalue weighted by Gasteiger charge is 2.57. The van der Waals surface area contributed by atoms with Gasteiger partial charge in [-0.15, -0.1) is 0 Å². The molecule has 1 heterocycles. The molecule has 0 bridgehead atoms. The second-order valence-electron chi connectivity index (χ2n) is 9.91. The van der Waals surface area contributed by atoms with Gasteiger partial charge in [0.15, 0.2) is 6.10 Å². The monoisotopic (exact) mass is 553 g/mol. The van der Waals surface area contributed by atoms with Crippen LogP contribution in [0.15, 0.2) is 0 Å². The largest absolute Gasteiger partial charge is 0.465 e. The van der Waals surface area contributed by atoms with Gasteiger partial charge in [0.1, 0.15) is 30.5 Å². The third kappa shape index (κ3) is 12.1. The van der Waals surface area contributed by atoms with Crippen molar-refractivity contribution in [2.45, 2.75) is 135 Å². The van der Waals surface area contributed by atoms with Crippen molar-refractivity contribution >= 4 is 5.97 Å². The van der Waals surface area contributed by atoms with Crippen LogP contribution in [0.4, 0.5) is 8.78 Å². The molecule has 0 unspecified atom stereocenters. The van der Waals surface area contributed by atoms with Gasteiger partial charge in [0.05, 0.1) is 13.2 Å². The van der Waals surface area contributed by atoms with Crippen LogP contribution in [0.3, 0.4) is 0 Å². The van der Waals surface area contributed by atoms with Crippen molar-refractivity contribution in [3.8, 4) is 0 Å². The number of halogens is 2. The van der Waals surface area contributed by atoms with E-state index in [1.54, 1.807) is 6.92 Å². The molecule has 1 aliphatic heterocycles. The van der Waals surface area contributed by atoms with E-state index >= 15 is 8.78 Å². The number of rotatable bonds is 22. The van der Waals surface area contributed by atoms with Crippen LogP contribution in [0.25, 0.3) is 0 Å². The van der Waals surface area contributed by atoms with Gasteiger partial charge in [0.25, 0.3) is 5.92 Å². The molecule has 0 radical (unpaired) electrons. The molecule has 0 aromatic carbocycles. The average molecular weight is 554 g/mol. The number of ether oxygens (including phenoxy) is 6. The molecular weight excluding hydrogens is 500 g/mol. The van der Waals surface area contributed by atoms with Gasteiger partial charge < -0.3 is 34.2 Å². The van der Waals surface area contributed by atoms with Crippen LogP contribution in [-0.4, -0.2) is 88.1 Å². The van der Waals surface area contributed by atoms with Crippen LogP contribution < -0.4 is 5.73 Å². The summed E-state index contributed by atoms with van der Waals surface area (Å²) in [4.78, 5) is 12.1.